The van der Waals surface area contributed by atoms with Crippen LogP contribution in [0.4, 0.5) is 4.39 Å². The number of benzene rings is 2. The molecule has 9 unspecified atom stereocenters. The second kappa shape index (κ2) is 11.2. The largest absolute Gasteiger partial charge is 0.478 e. The van der Waals surface area contributed by atoms with E-state index in [9.17, 15) is 14.3 Å². The summed E-state index contributed by atoms with van der Waals surface area (Å²) >= 11 is 0. The van der Waals surface area contributed by atoms with Crippen LogP contribution in [0, 0.1) is 57.1 Å². The van der Waals surface area contributed by atoms with Gasteiger partial charge in [-0.3, -0.25) is 0 Å². The van der Waals surface area contributed by atoms with Gasteiger partial charge in [0.25, 0.3) is 0 Å². The van der Waals surface area contributed by atoms with Gasteiger partial charge in [0.2, 0.25) is 0 Å². The Morgan fingerprint density at radius 1 is 0.778 bits per heavy atom. The maximum atomic E-state index is 14.3. The van der Waals surface area contributed by atoms with Gasteiger partial charge in [-0.05, 0) is 164 Å². The van der Waals surface area contributed by atoms with Crippen LogP contribution >= 0.6 is 0 Å². The van der Waals surface area contributed by atoms with Gasteiger partial charge >= 0.3 is 5.97 Å². The minimum Gasteiger partial charge on any atom is -0.478 e. The van der Waals surface area contributed by atoms with Crippen LogP contribution < -0.4 is 0 Å². The first-order valence-electron chi connectivity index (χ1n) is 18.1. The third-order valence-corrected chi connectivity index (χ3v) is 15.2. The van der Waals surface area contributed by atoms with Gasteiger partial charge in [-0.25, -0.2) is 9.18 Å². The highest BCUT2D eigenvalue weighted by molar-refractivity contribution is 5.87. The number of hydrogen-bond donors (Lipinski definition) is 2. The number of aryl methyl sites for hydroxylation is 2. The quantitative estimate of drug-likeness (QED) is 0.341. The van der Waals surface area contributed by atoms with E-state index in [0.717, 1.165) is 42.1 Å². The van der Waals surface area contributed by atoms with Crippen molar-refractivity contribution in [1.29, 1.82) is 0 Å². The van der Waals surface area contributed by atoms with Crippen molar-refractivity contribution in [2.75, 3.05) is 0 Å². The van der Waals surface area contributed by atoms with Crippen LogP contribution in [0.3, 0.4) is 0 Å². The molecule has 244 valence electrons. The fourth-order valence-electron chi connectivity index (χ4n) is 13.1. The number of aliphatic hydroxyl groups excluding tert-OH is 1. The smallest absolute Gasteiger partial charge is 0.338 e. The summed E-state index contributed by atoms with van der Waals surface area (Å²) in [5.41, 5.74) is 4.57. The van der Waals surface area contributed by atoms with E-state index in [1.54, 1.807) is 6.07 Å². The van der Waals surface area contributed by atoms with Gasteiger partial charge in [0.05, 0.1) is 11.7 Å². The molecule has 3 nitrogen and oxygen atoms in total. The van der Waals surface area contributed by atoms with Crippen molar-refractivity contribution in [1.82, 2.24) is 0 Å². The fraction of sp³-hybridized carbons (Fsp3) is 0.683. The molecule has 0 amide bonds. The van der Waals surface area contributed by atoms with Crippen LogP contribution in [0.25, 0.3) is 0 Å². The van der Waals surface area contributed by atoms with Crippen molar-refractivity contribution >= 4 is 5.97 Å². The molecule has 5 aliphatic carbocycles. The Labute approximate surface area is 270 Å². The first-order chi connectivity index (χ1) is 21.4. The summed E-state index contributed by atoms with van der Waals surface area (Å²) in [6, 6.07) is 13.7. The average molecular weight is 615 g/mol. The zero-order chi connectivity index (χ0) is 31.8. The molecule has 0 saturated heterocycles. The van der Waals surface area contributed by atoms with Crippen molar-refractivity contribution in [3.05, 3.63) is 70.5 Å². The van der Waals surface area contributed by atoms with E-state index < -0.39 is 11.8 Å². The molecule has 45 heavy (non-hydrogen) atoms. The zero-order valence-corrected chi connectivity index (χ0v) is 28.1. The third-order valence-electron chi connectivity index (χ3n) is 15.2. The maximum Gasteiger partial charge on any atom is 0.338 e. The van der Waals surface area contributed by atoms with Gasteiger partial charge in [-0.2, -0.15) is 0 Å². The highest BCUT2D eigenvalue weighted by Crippen LogP contribution is 2.73. The number of hydrogen-bond acceptors (Lipinski definition) is 2. The Bertz CT molecular complexity index is 1450. The minimum absolute atomic E-state index is 0.0219. The molecule has 2 aromatic carbocycles. The summed E-state index contributed by atoms with van der Waals surface area (Å²) < 4.78 is 14.3. The molecule has 0 aliphatic heterocycles. The van der Waals surface area contributed by atoms with E-state index in [1.807, 2.05) is 0 Å². The second-order valence-electron chi connectivity index (χ2n) is 17.4. The van der Waals surface area contributed by atoms with E-state index in [4.69, 9.17) is 5.11 Å². The van der Waals surface area contributed by atoms with Crippen LogP contribution in [0.5, 0.6) is 0 Å². The van der Waals surface area contributed by atoms with Gasteiger partial charge in [-0.1, -0.05) is 64.4 Å². The molecule has 0 spiro atoms. The molecule has 2 N–H and O–H groups in total. The predicted octanol–water partition coefficient (Wildman–Crippen LogP) is 9.68. The van der Waals surface area contributed by atoms with E-state index >= 15 is 0 Å². The van der Waals surface area contributed by atoms with Gasteiger partial charge in [0.1, 0.15) is 5.82 Å². The number of aliphatic hydroxyl groups is 1. The van der Waals surface area contributed by atoms with Crippen LogP contribution in [0.15, 0.2) is 42.5 Å². The molecule has 7 rings (SSSR count). The molecular weight excluding hydrogens is 559 g/mol. The first kappa shape index (κ1) is 31.4. The molecular formula is C41H55FO3. The van der Waals surface area contributed by atoms with Crippen LogP contribution in [0.2, 0.25) is 0 Å². The Morgan fingerprint density at radius 3 is 2.27 bits per heavy atom. The summed E-state index contributed by atoms with van der Waals surface area (Å²) in [7, 11) is 0. The molecule has 9 atom stereocenters. The topological polar surface area (TPSA) is 57.5 Å². The van der Waals surface area contributed by atoms with Crippen LogP contribution in [-0.2, 0) is 19.3 Å². The normalized spacial score (nSPS) is 40.1. The fourth-order valence-corrected chi connectivity index (χ4v) is 13.1. The number of rotatable bonds is 6. The highest BCUT2D eigenvalue weighted by Gasteiger charge is 2.66. The molecule has 5 fully saturated rings. The minimum atomic E-state index is -1.22. The number of carboxylic acids is 1. The predicted molar refractivity (Wildman–Crippen MR) is 178 cm³/mol. The monoisotopic (exact) mass is 614 g/mol. The molecule has 2 aromatic rings. The molecule has 0 aromatic heterocycles. The van der Waals surface area contributed by atoms with Gasteiger partial charge < -0.3 is 10.2 Å². The van der Waals surface area contributed by atoms with Crippen LogP contribution in [0.1, 0.15) is 125 Å². The van der Waals surface area contributed by atoms with Crippen molar-refractivity contribution in [3.8, 4) is 0 Å². The van der Waals surface area contributed by atoms with Crippen molar-refractivity contribution in [2.24, 2.45) is 51.2 Å². The Morgan fingerprint density at radius 2 is 1.51 bits per heavy atom. The third kappa shape index (κ3) is 5.02. The van der Waals surface area contributed by atoms with Gasteiger partial charge in [0.15, 0.2) is 0 Å². The van der Waals surface area contributed by atoms with E-state index in [0.29, 0.717) is 28.6 Å². The zero-order valence-electron chi connectivity index (χ0n) is 28.1. The van der Waals surface area contributed by atoms with E-state index in [1.165, 1.54) is 93.9 Å². The lowest BCUT2D eigenvalue weighted by Gasteiger charge is -2.69. The van der Waals surface area contributed by atoms with Gasteiger partial charge in [-0.15, -0.1) is 0 Å². The number of aromatic carboxylic acids is 1. The number of carbonyl (C=O) groups is 1. The molecule has 4 heteroatoms. The van der Waals surface area contributed by atoms with Gasteiger partial charge in [0, 0.05) is 0 Å². The molecule has 0 radical (unpaired) electrons. The molecule has 0 heterocycles. The Balaban J connectivity index is 1.07. The average Bonchev–Trinajstić information content (AvgIpc) is 3.42. The summed E-state index contributed by atoms with van der Waals surface area (Å²) in [5.74, 6) is 2.09. The summed E-state index contributed by atoms with van der Waals surface area (Å²) in [6.07, 6.45) is 17.0. The summed E-state index contributed by atoms with van der Waals surface area (Å²) in [4.78, 5) is 11.2. The Hall–Kier alpha value is -2.20. The van der Waals surface area contributed by atoms with E-state index in [-0.39, 0.29) is 17.1 Å². The maximum absolute atomic E-state index is 14.3. The van der Waals surface area contributed by atoms with Crippen LogP contribution in [-0.4, -0.2) is 22.3 Å². The SMILES string of the molecule is CC1(C)C(O)CCC2(C)C1CCC1(C)C3CCC4(Cc5cccc(CCc6ccc(C(=O)O)c(F)c6)c5)CCCC4C3CCC12. The standard InChI is InChI=1S/C41H55FO3/c1-38(2)34-17-20-39(3)31-16-22-41(19-6-9-32(41)29(31)14-15-35(39)40(34,4)21-18-36(38)43)25-28-8-5-7-26(23-28)10-11-27-12-13-30(37(44)45)33(42)24-27/h5,7-8,12-13,23-24,29,31-32,34-36,43H,6,9-11,14-22,25H2,1-4H3,(H,44,45). The number of carboxylic acid groups (broad SMARTS) is 1. The lowest BCUT2D eigenvalue weighted by molar-refractivity contribution is -0.214. The summed E-state index contributed by atoms with van der Waals surface area (Å²) in [6.45, 7) is 10.1. The van der Waals surface area contributed by atoms with E-state index in [2.05, 4.69) is 52.0 Å². The first-order valence-corrected chi connectivity index (χ1v) is 18.1. The molecule has 0 bridgehead atoms. The Kier molecular flexibility index (Phi) is 7.82. The summed E-state index contributed by atoms with van der Waals surface area (Å²) in [5, 5.41) is 20.1. The lowest BCUT2D eigenvalue weighted by atomic mass is 9.36. The van der Waals surface area contributed by atoms with Crippen molar-refractivity contribution < 1.29 is 19.4 Å². The molecule has 5 saturated carbocycles. The second-order valence-corrected chi connectivity index (χ2v) is 17.4. The number of halogens is 1. The van der Waals surface area contributed by atoms with Crippen molar-refractivity contribution in [3.63, 3.8) is 0 Å². The highest BCUT2D eigenvalue weighted by atomic mass is 19.1. The molecule has 5 aliphatic rings. The van der Waals surface area contributed by atoms with Crippen molar-refractivity contribution in [2.45, 2.75) is 124 Å². The lowest BCUT2D eigenvalue weighted by Crippen LogP contribution is -2.63. The number of fused-ring (bicyclic) bond motifs is 7.